The fourth-order valence-corrected chi connectivity index (χ4v) is 3.51. The Labute approximate surface area is 175 Å². The number of hydrogen-bond acceptors (Lipinski definition) is 3. The summed E-state index contributed by atoms with van der Waals surface area (Å²) >= 11 is 0. The Morgan fingerprint density at radius 1 is 0.900 bits per heavy atom. The predicted octanol–water partition coefficient (Wildman–Crippen LogP) is 2.15. The van der Waals surface area contributed by atoms with Crippen LogP contribution in [0, 0.1) is 11.7 Å². The van der Waals surface area contributed by atoms with E-state index in [-0.39, 0.29) is 17.4 Å². The Balaban J connectivity index is 1.35. The lowest BCUT2D eigenvalue weighted by Gasteiger charge is -2.32. The molecule has 7 heteroatoms. The summed E-state index contributed by atoms with van der Waals surface area (Å²) in [5.74, 6) is -1.94. The van der Waals surface area contributed by atoms with Crippen molar-refractivity contribution in [2.45, 2.75) is 19.3 Å². The van der Waals surface area contributed by atoms with Crippen molar-refractivity contribution >= 4 is 17.7 Å². The van der Waals surface area contributed by atoms with Crippen molar-refractivity contribution in [2.75, 3.05) is 26.2 Å². The molecule has 0 saturated carbocycles. The highest BCUT2D eigenvalue weighted by Gasteiger charge is 2.25. The van der Waals surface area contributed by atoms with E-state index in [1.165, 1.54) is 12.1 Å². The zero-order valence-electron chi connectivity index (χ0n) is 16.8. The molecule has 3 rings (SSSR count). The lowest BCUT2D eigenvalue weighted by Crippen LogP contribution is -2.45. The Morgan fingerprint density at radius 2 is 1.53 bits per heavy atom. The Kier molecular flexibility index (Phi) is 7.54. The normalized spacial score (nSPS) is 14.2. The molecule has 1 heterocycles. The molecule has 158 valence electrons. The third kappa shape index (κ3) is 5.89. The van der Waals surface area contributed by atoms with Gasteiger partial charge in [-0.05, 0) is 42.9 Å². The first-order chi connectivity index (χ1) is 14.5. The first kappa shape index (κ1) is 21.5. The number of nitrogens with one attached hydrogen (secondary N) is 2. The second-order valence-electron chi connectivity index (χ2n) is 7.42. The molecule has 2 aromatic carbocycles. The van der Waals surface area contributed by atoms with Crippen LogP contribution in [0.4, 0.5) is 4.39 Å². The van der Waals surface area contributed by atoms with E-state index >= 15 is 0 Å². The highest BCUT2D eigenvalue weighted by molar-refractivity contribution is 6.35. The second-order valence-corrected chi connectivity index (χ2v) is 7.42. The van der Waals surface area contributed by atoms with Crippen molar-refractivity contribution in [2.24, 2.45) is 5.92 Å². The van der Waals surface area contributed by atoms with Crippen molar-refractivity contribution < 1.29 is 18.8 Å². The summed E-state index contributed by atoms with van der Waals surface area (Å²) in [5.41, 5.74) is 1.17. The van der Waals surface area contributed by atoms with Crippen LogP contribution in [0.25, 0.3) is 0 Å². The van der Waals surface area contributed by atoms with Crippen LogP contribution >= 0.6 is 0 Å². The van der Waals surface area contributed by atoms with Crippen molar-refractivity contribution in [1.82, 2.24) is 15.5 Å². The Bertz CT molecular complexity index is 880. The summed E-state index contributed by atoms with van der Waals surface area (Å²) in [7, 11) is 0. The number of piperidine rings is 1. The summed E-state index contributed by atoms with van der Waals surface area (Å²) in [6.07, 6.45) is 2.04. The maximum absolute atomic E-state index is 13.8. The molecule has 2 N–H and O–H groups in total. The quantitative estimate of drug-likeness (QED) is 0.715. The zero-order valence-corrected chi connectivity index (χ0v) is 16.8. The second kappa shape index (κ2) is 10.5. The number of benzene rings is 2. The minimum atomic E-state index is -0.645. The highest BCUT2D eigenvalue weighted by atomic mass is 19.1. The Hall–Kier alpha value is -3.22. The maximum atomic E-state index is 13.8. The molecule has 0 spiro atoms. The molecule has 1 aliphatic rings. The fourth-order valence-electron chi connectivity index (χ4n) is 3.51. The van der Waals surface area contributed by atoms with E-state index in [0.29, 0.717) is 45.4 Å². The van der Waals surface area contributed by atoms with E-state index < -0.39 is 17.6 Å². The molecule has 1 saturated heterocycles. The van der Waals surface area contributed by atoms with Gasteiger partial charge in [-0.1, -0.05) is 42.5 Å². The minimum Gasteiger partial charge on any atom is -0.348 e. The molecule has 6 nitrogen and oxygen atoms in total. The van der Waals surface area contributed by atoms with Gasteiger partial charge in [0, 0.05) is 26.2 Å². The standard InChI is InChI=1S/C23H26FN3O3/c24-20-9-5-4-8-19(20)23(30)27-14-11-18(12-15-27)16-26-22(29)21(28)25-13-10-17-6-2-1-3-7-17/h1-9,18H,10-16H2,(H,25,28)(H,26,29). The molecule has 0 aliphatic carbocycles. The molecule has 2 aromatic rings. The van der Waals surface area contributed by atoms with Gasteiger partial charge in [0.15, 0.2) is 0 Å². The van der Waals surface area contributed by atoms with Gasteiger partial charge in [-0.2, -0.15) is 0 Å². The largest absolute Gasteiger partial charge is 0.348 e. The van der Waals surface area contributed by atoms with E-state index in [2.05, 4.69) is 10.6 Å². The van der Waals surface area contributed by atoms with Crippen LogP contribution in [0.1, 0.15) is 28.8 Å². The lowest BCUT2D eigenvalue weighted by atomic mass is 9.96. The van der Waals surface area contributed by atoms with Gasteiger partial charge >= 0.3 is 11.8 Å². The van der Waals surface area contributed by atoms with Crippen molar-refractivity contribution in [3.63, 3.8) is 0 Å². The maximum Gasteiger partial charge on any atom is 0.309 e. The van der Waals surface area contributed by atoms with E-state index in [9.17, 15) is 18.8 Å². The number of rotatable bonds is 6. The molecular formula is C23H26FN3O3. The average Bonchev–Trinajstić information content (AvgIpc) is 2.78. The molecule has 30 heavy (non-hydrogen) atoms. The predicted molar refractivity (Wildman–Crippen MR) is 111 cm³/mol. The molecule has 1 fully saturated rings. The number of amides is 3. The van der Waals surface area contributed by atoms with E-state index in [1.54, 1.807) is 17.0 Å². The van der Waals surface area contributed by atoms with Crippen LogP contribution in [-0.2, 0) is 16.0 Å². The van der Waals surface area contributed by atoms with Crippen LogP contribution in [-0.4, -0.2) is 48.8 Å². The van der Waals surface area contributed by atoms with Gasteiger partial charge in [-0.25, -0.2) is 4.39 Å². The number of hydrogen-bond donors (Lipinski definition) is 2. The van der Waals surface area contributed by atoms with Gasteiger partial charge in [-0.15, -0.1) is 0 Å². The van der Waals surface area contributed by atoms with Crippen molar-refractivity contribution in [1.29, 1.82) is 0 Å². The number of nitrogens with zero attached hydrogens (tertiary/aromatic N) is 1. The van der Waals surface area contributed by atoms with Gasteiger partial charge < -0.3 is 15.5 Å². The Morgan fingerprint density at radius 3 is 2.23 bits per heavy atom. The lowest BCUT2D eigenvalue weighted by molar-refractivity contribution is -0.139. The van der Waals surface area contributed by atoms with Gasteiger partial charge in [0.05, 0.1) is 5.56 Å². The highest BCUT2D eigenvalue weighted by Crippen LogP contribution is 2.19. The first-order valence-electron chi connectivity index (χ1n) is 10.2. The molecule has 0 bridgehead atoms. The third-order valence-electron chi connectivity index (χ3n) is 5.31. The molecule has 0 radical (unpaired) electrons. The molecule has 0 aromatic heterocycles. The number of carbonyl (C=O) groups is 3. The summed E-state index contributed by atoms with van der Waals surface area (Å²) in [6.45, 7) is 1.77. The van der Waals surface area contributed by atoms with Gasteiger partial charge in [-0.3, -0.25) is 14.4 Å². The monoisotopic (exact) mass is 411 g/mol. The van der Waals surface area contributed by atoms with Gasteiger partial charge in [0.2, 0.25) is 0 Å². The smallest absolute Gasteiger partial charge is 0.309 e. The summed E-state index contributed by atoms with van der Waals surface area (Å²) in [4.78, 5) is 38.0. The van der Waals surface area contributed by atoms with E-state index in [1.807, 2.05) is 30.3 Å². The third-order valence-corrected chi connectivity index (χ3v) is 5.31. The molecular weight excluding hydrogens is 385 g/mol. The summed E-state index contributed by atoms with van der Waals surface area (Å²) in [5, 5.41) is 5.30. The first-order valence-corrected chi connectivity index (χ1v) is 10.2. The van der Waals surface area contributed by atoms with Crippen LogP contribution < -0.4 is 10.6 Å². The van der Waals surface area contributed by atoms with E-state index in [4.69, 9.17) is 0 Å². The fraction of sp³-hybridized carbons (Fsp3) is 0.348. The van der Waals surface area contributed by atoms with Crippen LogP contribution in [0.15, 0.2) is 54.6 Å². The van der Waals surface area contributed by atoms with Gasteiger partial charge in [0.25, 0.3) is 5.91 Å². The molecule has 3 amide bonds. The van der Waals surface area contributed by atoms with Crippen LogP contribution in [0.2, 0.25) is 0 Å². The van der Waals surface area contributed by atoms with Crippen LogP contribution in [0.3, 0.4) is 0 Å². The molecule has 0 atom stereocenters. The SMILES string of the molecule is O=C(NCCc1ccccc1)C(=O)NCC1CCN(C(=O)c2ccccc2F)CC1. The number of carbonyl (C=O) groups excluding carboxylic acids is 3. The van der Waals surface area contributed by atoms with Crippen molar-refractivity contribution in [3.05, 3.63) is 71.5 Å². The average molecular weight is 411 g/mol. The topological polar surface area (TPSA) is 78.5 Å². The van der Waals surface area contributed by atoms with Crippen LogP contribution in [0.5, 0.6) is 0 Å². The number of likely N-dealkylation sites (tertiary alicyclic amines) is 1. The summed E-state index contributed by atoms with van der Waals surface area (Å²) < 4.78 is 13.8. The summed E-state index contributed by atoms with van der Waals surface area (Å²) in [6, 6.07) is 15.7. The minimum absolute atomic E-state index is 0.0800. The zero-order chi connectivity index (χ0) is 21.3. The number of halogens is 1. The molecule has 1 aliphatic heterocycles. The van der Waals surface area contributed by atoms with Crippen molar-refractivity contribution in [3.8, 4) is 0 Å². The van der Waals surface area contributed by atoms with E-state index in [0.717, 1.165) is 5.56 Å². The molecule has 0 unspecified atom stereocenters. The van der Waals surface area contributed by atoms with Gasteiger partial charge in [0.1, 0.15) is 5.82 Å².